The highest BCUT2D eigenvalue weighted by Crippen LogP contribution is 2.38. The number of allylic oxidation sites excluding steroid dienone is 1. The lowest BCUT2D eigenvalue weighted by molar-refractivity contribution is -0.136. The molecule has 1 fully saturated rings. The van der Waals surface area contributed by atoms with Gasteiger partial charge in [-0.3, -0.25) is 9.59 Å². The molecule has 3 N–H and O–H groups in total. The molecule has 0 radical (unpaired) electrons. The van der Waals surface area contributed by atoms with E-state index in [1.807, 2.05) is 0 Å². The predicted octanol–water partition coefficient (Wildman–Crippen LogP) is 2.69. The fraction of sp³-hybridized carbons (Fsp3) is 0.778. The van der Waals surface area contributed by atoms with Crippen molar-refractivity contribution in [3.05, 3.63) is 12.2 Å². The first kappa shape index (κ1) is 19.8. The SMILES string of the molecule is CCCCCC(=O)CC[C@@H]1[C@@H](C/C=C\CC(=O)O)[C@@H](O)C[C@@H]1O. The van der Waals surface area contributed by atoms with Crippen LogP contribution >= 0.6 is 0 Å². The number of carboxylic acids is 1. The van der Waals surface area contributed by atoms with Crippen molar-refractivity contribution in [3.8, 4) is 0 Å². The summed E-state index contributed by atoms with van der Waals surface area (Å²) in [6.07, 6.45) is 7.74. The Balaban J connectivity index is 2.44. The van der Waals surface area contributed by atoms with Crippen LogP contribution in [0.4, 0.5) is 0 Å². The second-order valence-corrected chi connectivity index (χ2v) is 6.54. The Morgan fingerprint density at radius 2 is 1.74 bits per heavy atom. The van der Waals surface area contributed by atoms with Gasteiger partial charge in [0.2, 0.25) is 0 Å². The number of carbonyl (C=O) groups is 2. The van der Waals surface area contributed by atoms with Crippen LogP contribution in [0.15, 0.2) is 12.2 Å². The van der Waals surface area contributed by atoms with Gasteiger partial charge in [-0.2, -0.15) is 0 Å². The zero-order valence-electron chi connectivity index (χ0n) is 14.0. The summed E-state index contributed by atoms with van der Waals surface area (Å²) in [6.45, 7) is 2.10. The number of aliphatic carboxylic acids is 1. The number of carboxylic acid groups (broad SMARTS) is 1. The lowest BCUT2D eigenvalue weighted by Crippen LogP contribution is -2.22. The number of ketones is 1. The van der Waals surface area contributed by atoms with E-state index in [2.05, 4.69) is 6.92 Å². The van der Waals surface area contributed by atoms with Gasteiger partial charge in [0.05, 0.1) is 18.6 Å². The maximum atomic E-state index is 11.9. The molecule has 0 saturated heterocycles. The minimum absolute atomic E-state index is 0.0358. The van der Waals surface area contributed by atoms with Crippen LogP contribution in [0.1, 0.15) is 64.7 Å². The van der Waals surface area contributed by atoms with E-state index in [0.717, 1.165) is 19.3 Å². The molecule has 5 heteroatoms. The van der Waals surface area contributed by atoms with Gasteiger partial charge in [0.25, 0.3) is 0 Å². The molecule has 0 bridgehead atoms. The summed E-state index contributed by atoms with van der Waals surface area (Å²) < 4.78 is 0. The molecular weight excluding hydrogens is 296 g/mol. The molecule has 1 saturated carbocycles. The van der Waals surface area contributed by atoms with Crippen LogP contribution in [0.2, 0.25) is 0 Å². The zero-order chi connectivity index (χ0) is 17.2. The van der Waals surface area contributed by atoms with Crippen molar-refractivity contribution in [2.45, 2.75) is 76.9 Å². The van der Waals surface area contributed by atoms with E-state index in [4.69, 9.17) is 5.11 Å². The Morgan fingerprint density at radius 3 is 2.39 bits per heavy atom. The van der Waals surface area contributed by atoms with Crippen LogP contribution in [0, 0.1) is 11.8 Å². The summed E-state index contributed by atoms with van der Waals surface area (Å²) in [5.41, 5.74) is 0. The van der Waals surface area contributed by atoms with Crippen molar-refractivity contribution >= 4 is 11.8 Å². The van der Waals surface area contributed by atoms with Crippen LogP contribution in [0.5, 0.6) is 0 Å². The van der Waals surface area contributed by atoms with Gasteiger partial charge >= 0.3 is 5.97 Å². The van der Waals surface area contributed by atoms with E-state index >= 15 is 0 Å². The number of unbranched alkanes of at least 4 members (excludes halogenated alkanes) is 2. The van der Waals surface area contributed by atoms with Gasteiger partial charge in [0.15, 0.2) is 0 Å². The molecule has 1 aliphatic carbocycles. The number of rotatable bonds is 11. The van der Waals surface area contributed by atoms with Gasteiger partial charge in [0, 0.05) is 12.8 Å². The predicted molar refractivity (Wildman–Crippen MR) is 88.0 cm³/mol. The van der Waals surface area contributed by atoms with Crippen molar-refractivity contribution in [2.24, 2.45) is 11.8 Å². The van der Waals surface area contributed by atoms with E-state index in [9.17, 15) is 19.8 Å². The van der Waals surface area contributed by atoms with Crippen LogP contribution in [0.25, 0.3) is 0 Å². The van der Waals surface area contributed by atoms with Gasteiger partial charge < -0.3 is 15.3 Å². The molecule has 0 spiro atoms. The minimum atomic E-state index is -0.887. The third-order valence-corrected chi connectivity index (χ3v) is 4.70. The molecule has 132 valence electrons. The molecule has 4 atom stereocenters. The van der Waals surface area contributed by atoms with Crippen LogP contribution in [-0.4, -0.2) is 39.3 Å². The van der Waals surface area contributed by atoms with Crippen molar-refractivity contribution in [3.63, 3.8) is 0 Å². The molecule has 1 aliphatic rings. The smallest absolute Gasteiger partial charge is 0.307 e. The second-order valence-electron chi connectivity index (χ2n) is 6.54. The van der Waals surface area contributed by atoms with Crippen molar-refractivity contribution in [2.75, 3.05) is 0 Å². The molecular formula is C18H30O5. The number of carbonyl (C=O) groups excluding carboxylic acids is 1. The minimum Gasteiger partial charge on any atom is -0.481 e. The van der Waals surface area contributed by atoms with Gasteiger partial charge in [-0.1, -0.05) is 31.9 Å². The average Bonchev–Trinajstić information content (AvgIpc) is 2.75. The lowest BCUT2D eigenvalue weighted by atomic mass is 9.86. The Hall–Kier alpha value is -1.20. The molecule has 0 aromatic heterocycles. The molecule has 1 rings (SSSR count). The van der Waals surface area contributed by atoms with Crippen LogP contribution in [-0.2, 0) is 9.59 Å². The van der Waals surface area contributed by atoms with Crippen molar-refractivity contribution in [1.82, 2.24) is 0 Å². The Morgan fingerprint density at radius 1 is 1.04 bits per heavy atom. The number of hydrogen-bond donors (Lipinski definition) is 3. The number of aliphatic hydroxyl groups is 2. The van der Waals surface area contributed by atoms with Gasteiger partial charge in [-0.15, -0.1) is 0 Å². The van der Waals surface area contributed by atoms with E-state index in [1.54, 1.807) is 12.2 Å². The van der Waals surface area contributed by atoms with Gasteiger partial charge in [-0.05, 0) is 37.5 Å². The van der Waals surface area contributed by atoms with Gasteiger partial charge in [-0.25, -0.2) is 0 Å². The Labute approximate surface area is 138 Å². The molecule has 0 heterocycles. The highest BCUT2D eigenvalue weighted by atomic mass is 16.4. The molecule has 0 unspecified atom stereocenters. The maximum absolute atomic E-state index is 11.9. The summed E-state index contributed by atoms with van der Waals surface area (Å²) in [6, 6.07) is 0. The molecule has 5 nitrogen and oxygen atoms in total. The molecule has 0 aliphatic heterocycles. The topological polar surface area (TPSA) is 94.8 Å². The third kappa shape index (κ3) is 7.27. The van der Waals surface area contributed by atoms with E-state index in [0.29, 0.717) is 32.1 Å². The fourth-order valence-corrected chi connectivity index (χ4v) is 3.37. The highest BCUT2D eigenvalue weighted by molar-refractivity contribution is 5.78. The Kier molecular flexibility index (Phi) is 9.10. The van der Waals surface area contributed by atoms with Crippen molar-refractivity contribution < 1.29 is 24.9 Å². The van der Waals surface area contributed by atoms with Crippen LogP contribution in [0.3, 0.4) is 0 Å². The van der Waals surface area contributed by atoms with Crippen molar-refractivity contribution in [1.29, 1.82) is 0 Å². The largest absolute Gasteiger partial charge is 0.481 e. The second kappa shape index (κ2) is 10.6. The molecule has 0 amide bonds. The summed E-state index contributed by atoms with van der Waals surface area (Å²) >= 11 is 0. The van der Waals surface area contributed by atoms with Gasteiger partial charge in [0.1, 0.15) is 5.78 Å². The molecule has 0 aromatic rings. The maximum Gasteiger partial charge on any atom is 0.307 e. The first-order valence-electron chi connectivity index (χ1n) is 8.70. The number of Topliss-reactive ketones (excluding diaryl/α,β-unsaturated/α-hetero) is 1. The normalized spacial score (nSPS) is 27.6. The average molecular weight is 326 g/mol. The monoisotopic (exact) mass is 326 g/mol. The Bertz CT molecular complexity index is 404. The standard InChI is InChI=1S/C18H30O5/c1-2-3-4-7-13(19)10-11-15-14(16(20)12-17(15)21)8-5-6-9-18(22)23/h5-6,14-17,20-21H,2-4,7-12H2,1H3,(H,22,23)/b6-5-/t14-,15-,16+,17+/m1/s1. The van der Waals surface area contributed by atoms with E-state index in [-0.39, 0.29) is 24.0 Å². The summed E-state index contributed by atoms with van der Waals surface area (Å²) in [5.74, 6) is -0.845. The third-order valence-electron chi connectivity index (χ3n) is 4.70. The summed E-state index contributed by atoms with van der Waals surface area (Å²) in [4.78, 5) is 22.4. The lowest BCUT2D eigenvalue weighted by Gasteiger charge is -2.22. The first-order chi connectivity index (χ1) is 11.0. The fourth-order valence-electron chi connectivity index (χ4n) is 3.37. The number of hydrogen-bond acceptors (Lipinski definition) is 4. The van der Waals surface area contributed by atoms with E-state index in [1.165, 1.54) is 0 Å². The zero-order valence-corrected chi connectivity index (χ0v) is 14.0. The van der Waals surface area contributed by atoms with E-state index < -0.39 is 18.2 Å². The molecule has 0 aromatic carbocycles. The highest BCUT2D eigenvalue weighted by Gasteiger charge is 2.40. The van der Waals surface area contributed by atoms with Crippen LogP contribution < -0.4 is 0 Å². The summed E-state index contributed by atoms with van der Waals surface area (Å²) in [7, 11) is 0. The summed E-state index contributed by atoms with van der Waals surface area (Å²) in [5, 5.41) is 28.8. The quantitative estimate of drug-likeness (QED) is 0.401. The first-order valence-corrected chi connectivity index (χ1v) is 8.70. The number of aliphatic hydroxyl groups excluding tert-OH is 2. The molecule has 23 heavy (non-hydrogen) atoms.